The lowest BCUT2D eigenvalue weighted by Gasteiger charge is -2.12. The summed E-state index contributed by atoms with van der Waals surface area (Å²) >= 11 is 0. The molecular formula is C13H20N4O. The fourth-order valence-electron chi connectivity index (χ4n) is 2.19. The highest BCUT2D eigenvalue weighted by Gasteiger charge is 2.20. The van der Waals surface area contributed by atoms with Crippen molar-refractivity contribution in [2.24, 2.45) is 7.05 Å². The van der Waals surface area contributed by atoms with Gasteiger partial charge in [0.25, 0.3) is 0 Å². The minimum Gasteiger partial charge on any atom is -0.382 e. The van der Waals surface area contributed by atoms with Gasteiger partial charge >= 0.3 is 0 Å². The Labute approximate surface area is 107 Å². The fourth-order valence-corrected chi connectivity index (χ4v) is 2.19. The monoisotopic (exact) mass is 248 g/mol. The van der Waals surface area contributed by atoms with Crippen molar-refractivity contribution in [2.45, 2.75) is 39.3 Å². The fraction of sp³-hybridized carbons (Fsp3) is 0.538. The SMILES string of the molecule is CCCn1nccc1C(O)c1cn(C)nc1CC. The molecule has 1 atom stereocenters. The van der Waals surface area contributed by atoms with E-state index in [2.05, 4.69) is 17.1 Å². The van der Waals surface area contributed by atoms with Crippen LogP contribution in [0.15, 0.2) is 18.5 Å². The van der Waals surface area contributed by atoms with Gasteiger partial charge in [0, 0.05) is 31.5 Å². The van der Waals surface area contributed by atoms with Crippen molar-refractivity contribution in [3.8, 4) is 0 Å². The molecule has 0 aromatic carbocycles. The maximum absolute atomic E-state index is 10.5. The average molecular weight is 248 g/mol. The Morgan fingerprint density at radius 1 is 1.39 bits per heavy atom. The molecule has 18 heavy (non-hydrogen) atoms. The Balaban J connectivity index is 2.34. The van der Waals surface area contributed by atoms with E-state index < -0.39 is 6.10 Å². The summed E-state index contributed by atoms with van der Waals surface area (Å²) in [6, 6.07) is 1.87. The van der Waals surface area contributed by atoms with Crippen LogP contribution >= 0.6 is 0 Å². The van der Waals surface area contributed by atoms with E-state index in [1.807, 2.05) is 30.9 Å². The molecule has 0 saturated carbocycles. The molecule has 0 spiro atoms. The number of hydrogen-bond acceptors (Lipinski definition) is 3. The molecule has 0 saturated heterocycles. The summed E-state index contributed by atoms with van der Waals surface area (Å²) in [5.41, 5.74) is 2.65. The van der Waals surface area contributed by atoms with Gasteiger partial charge in [-0.05, 0) is 18.9 Å². The molecular weight excluding hydrogens is 228 g/mol. The standard InChI is InChI=1S/C13H20N4O/c1-4-8-17-12(6-7-14-17)13(18)10-9-16(3)15-11(10)5-2/h6-7,9,13,18H,4-5,8H2,1-3H3. The number of nitrogens with zero attached hydrogens (tertiary/aromatic N) is 4. The maximum Gasteiger partial charge on any atom is 0.124 e. The summed E-state index contributed by atoms with van der Waals surface area (Å²) in [5, 5.41) is 19.1. The summed E-state index contributed by atoms with van der Waals surface area (Å²) in [5.74, 6) is 0. The van der Waals surface area contributed by atoms with Gasteiger partial charge in [0.2, 0.25) is 0 Å². The van der Waals surface area contributed by atoms with Gasteiger partial charge in [0.1, 0.15) is 6.10 Å². The second kappa shape index (κ2) is 5.35. The van der Waals surface area contributed by atoms with Crippen LogP contribution in [-0.2, 0) is 20.0 Å². The minimum atomic E-state index is -0.650. The molecule has 0 fully saturated rings. The quantitative estimate of drug-likeness (QED) is 0.875. The predicted octanol–water partition coefficient (Wildman–Crippen LogP) is 1.67. The van der Waals surface area contributed by atoms with Crippen molar-refractivity contribution in [3.63, 3.8) is 0 Å². The molecule has 1 unspecified atom stereocenters. The summed E-state index contributed by atoms with van der Waals surface area (Å²) in [6.07, 6.45) is 4.77. The average Bonchev–Trinajstić information content (AvgIpc) is 2.95. The van der Waals surface area contributed by atoms with Crippen LogP contribution in [0.1, 0.15) is 43.3 Å². The summed E-state index contributed by atoms with van der Waals surface area (Å²) in [7, 11) is 1.87. The van der Waals surface area contributed by atoms with Crippen molar-refractivity contribution in [1.29, 1.82) is 0 Å². The van der Waals surface area contributed by atoms with Crippen LogP contribution in [0.4, 0.5) is 0 Å². The van der Waals surface area contributed by atoms with Crippen molar-refractivity contribution in [1.82, 2.24) is 19.6 Å². The molecule has 2 aromatic heterocycles. The van der Waals surface area contributed by atoms with E-state index in [-0.39, 0.29) is 0 Å². The molecule has 1 N–H and O–H groups in total. The Bertz CT molecular complexity index is 515. The second-order valence-electron chi connectivity index (χ2n) is 4.44. The van der Waals surface area contributed by atoms with Crippen LogP contribution in [0.25, 0.3) is 0 Å². The Hall–Kier alpha value is -1.62. The van der Waals surface area contributed by atoms with Crippen molar-refractivity contribution in [3.05, 3.63) is 35.4 Å². The van der Waals surface area contributed by atoms with Gasteiger partial charge in [-0.1, -0.05) is 13.8 Å². The maximum atomic E-state index is 10.5. The predicted molar refractivity (Wildman–Crippen MR) is 69.2 cm³/mol. The van der Waals surface area contributed by atoms with Crippen molar-refractivity contribution < 1.29 is 5.11 Å². The third kappa shape index (κ3) is 2.31. The first-order chi connectivity index (χ1) is 8.67. The van der Waals surface area contributed by atoms with E-state index in [0.29, 0.717) is 0 Å². The molecule has 0 aliphatic rings. The number of rotatable bonds is 5. The van der Waals surface area contributed by atoms with E-state index in [4.69, 9.17) is 0 Å². The number of aliphatic hydroxyl groups is 1. The van der Waals surface area contributed by atoms with Crippen LogP contribution in [0.2, 0.25) is 0 Å². The summed E-state index contributed by atoms with van der Waals surface area (Å²) in [6.45, 7) is 4.96. The van der Waals surface area contributed by atoms with Gasteiger partial charge in [-0.15, -0.1) is 0 Å². The normalized spacial score (nSPS) is 12.9. The lowest BCUT2D eigenvalue weighted by molar-refractivity contribution is 0.206. The number of aliphatic hydroxyl groups excluding tert-OH is 1. The van der Waals surface area contributed by atoms with Gasteiger partial charge in [-0.3, -0.25) is 9.36 Å². The largest absolute Gasteiger partial charge is 0.382 e. The minimum absolute atomic E-state index is 0.650. The van der Waals surface area contributed by atoms with Crippen molar-refractivity contribution >= 4 is 0 Å². The molecule has 5 nitrogen and oxygen atoms in total. The number of aromatic nitrogens is 4. The van der Waals surface area contributed by atoms with Crippen LogP contribution in [0, 0.1) is 0 Å². The Morgan fingerprint density at radius 3 is 2.83 bits per heavy atom. The van der Waals surface area contributed by atoms with E-state index >= 15 is 0 Å². The molecule has 0 amide bonds. The van der Waals surface area contributed by atoms with Gasteiger partial charge < -0.3 is 5.11 Å². The number of hydrogen-bond donors (Lipinski definition) is 1. The highest BCUT2D eigenvalue weighted by Crippen LogP contribution is 2.24. The molecule has 0 aliphatic carbocycles. The van der Waals surface area contributed by atoms with E-state index in [1.54, 1.807) is 10.9 Å². The molecule has 2 heterocycles. The van der Waals surface area contributed by atoms with E-state index in [1.165, 1.54) is 0 Å². The van der Waals surface area contributed by atoms with Crippen LogP contribution < -0.4 is 0 Å². The second-order valence-corrected chi connectivity index (χ2v) is 4.44. The van der Waals surface area contributed by atoms with Crippen LogP contribution in [-0.4, -0.2) is 24.7 Å². The zero-order chi connectivity index (χ0) is 13.1. The topological polar surface area (TPSA) is 55.9 Å². The molecule has 0 aliphatic heterocycles. The molecule has 0 bridgehead atoms. The summed E-state index contributed by atoms with van der Waals surface area (Å²) in [4.78, 5) is 0. The summed E-state index contributed by atoms with van der Waals surface area (Å²) < 4.78 is 3.61. The van der Waals surface area contributed by atoms with E-state index in [0.717, 1.165) is 36.3 Å². The smallest absolute Gasteiger partial charge is 0.124 e. The third-order valence-electron chi connectivity index (χ3n) is 3.03. The van der Waals surface area contributed by atoms with Crippen molar-refractivity contribution in [2.75, 3.05) is 0 Å². The van der Waals surface area contributed by atoms with Gasteiger partial charge in [0.05, 0.1) is 11.4 Å². The molecule has 2 aromatic rings. The first-order valence-corrected chi connectivity index (χ1v) is 6.39. The lowest BCUT2D eigenvalue weighted by atomic mass is 10.1. The highest BCUT2D eigenvalue weighted by molar-refractivity contribution is 5.27. The molecule has 5 heteroatoms. The van der Waals surface area contributed by atoms with Crippen LogP contribution in [0.5, 0.6) is 0 Å². The Kier molecular flexibility index (Phi) is 3.81. The Morgan fingerprint density at radius 2 is 2.17 bits per heavy atom. The highest BCUT2D eigenvalue weighted by atomic mass is 16.3. The number of aryl methyl sites for hydroxylation is 3. The first-order valence-electron chi connectivity index (χ1n) is 6.39. The van der Waals surface area contributed by atoms with Gasteiger partial charge in [-0.25, -0.2) is 0 Å². The van der Waals surface area contributed by atoms with E-state index in [9.17, 15) is 5.11 Å². The lowest BCUT2D eigenvalue weighted by Crippen LogP contribution is -2.10. The molecule has 2 rings (SSSR count). The van der Waals surface area contributed by atoms with Gasteiger partial charge in [-0.2, -0.15) is 10.2 Å². The zero-order valence-electron chi connectivity index (χ0n) is 11.2. The van der Waals surface area contributed by atoms with Gasteiger partial charge in [0.15, 0.2) is 0 Å². The zero-order valence-corrected chi connectivity index (χ0v) is 11.2. The molecule has 0 radical (unpaired) electrons. The van der Waals surface area contributed by atoms with Crippen LogP contribution in [0.3, 0.4) is 0 Å². The first kappa shape index (κ1) is 12.8. The molecule has 98 valence electrons. The third-order valence-corrected chi connectivity index (χ3v) is 3.03.